The van der Waals surface area contributed by atoms with Crippen LogP contribution in [0.5, 0.6) is 0 Å². The van der Waals surface area contributed by atoms with Gasteiger partial charge in [0.2, 0.25) is 0 Å². The quantitative estimate of drug-likeness (QED) is 0.155. The molecule has 0 aliphatic rings. The molecule has 0 bridgehead atoms. The van der Waals surface area contributed by atoms with Crippen molar-refractivity contribution in [1.82, 2.24) is 0 Å². The van der Waals surface area contributed by atoms with E-state index < -0.39 is 92.8 Å². The van der Waals surface area contributed by atoms with Crippen molar-refractivity contribution >= 4 is 18.8 Å². The van der Waals surface area contributed by atoms with E-state index in [9.17, 15) is 92.2 Å². The average Bonchev–Trinajstić information content (AvgIpc) is 2.51. The summed E-state index contributed by atoms with van der Waals surface area (Å²) < 4.78 is 261. The van der Waals surface area contributed by atoms with Crippen molar-refractivity contribution in [3.05, 3.63) is 0 Å². The van der Waals surface area contributed by atoms with Crippen LogP contribution in [0, 0.1) is 0 Å². The predicted molar refractivity (Wildman–Crippen MR) is 79.1 cm³/mol. The summed E-state index contributed by atoms with van der Waals surface area (Å²) in [6.45, 7) is -2.59. The Hall–Kier alpha value is -0.711. The van der Waals surface area contributed by atoms with Crippen LogP contribution in [0.3, 0.4) is 0 Å². The summed E-state index contributed by atoms with van der Waals surface area (Å²) in [7, 11) is 0. The van der Waals surface area contributed by atoms with E-state index in [1.165, 1.54) is 0 Å². The van der Waals surface area contributed by atoms with E-state index >= 15 is 0 Å². The first-order valence-corrected chi connectivity index (χ1v) is 14.2. The Morgan fingerprint density at radius 1 is 0.405 bits per heavy atom. The van der Waals surface area contributed by atoms with Crippen molar-refractivity contribution in [1.29, 1.82) is 0 Å². The second kappa shape index (κ2) is 10.0. The first kappa shape index (κ1) is 36.3. The van der Waals surface area contributed by atoms with Crippen LogP contribution >= 0.6 is 0 Å². The summed E-state index contributed by atoms with van der Waals surface area (Å²) in [5.74, 6) is -22.5. The van der Waals surface area contributed by atoms with Crippen LogP contribution in [0.2, 0.25) is 0 Å². The maximum absolute atomic E-state index is 14.7. The van der Waals surface area contributed by atoms with Gasteiger partial charge in [0.25, 0.3) is 0 Å². The SMILES string of the molecule is CC[O][Sn]([C](F)(F)C(F)(F)CC(F)(F)F)([C](F)(F)C(F)(F)CC(F)(F)F)[C](F)(F)C(F)(F)CC(F)(F)F. The fourth-order valence-corrected chi connectivity index (χ4v) is 14.3. The molecule has 0 spiro atoms. The third-order valence-electron chi connectivity index (χ3n) is 4.33. The monoisotopic (exact) mass is 714 g/mol. The molecule has 0 aliphatic heterocycles. The third kappa shape index (κ3) is 6.90. The zero-order chi connectivity index (χ0) is 30.5. The van der Waals surface area contributed by atoms with Gasteiger partial charge in [-0.25, -0.2) is 0 Å². The predicted octanol–water partition coefficient (Wildman–Crippen LogP) is 8.26. The Labute approximate surface area is 195 Å². The molecule has 0 amide bonds. The first-order chi connectivity index (χ1) is 15.7. The average molecular weight is 713 g/mol. The summed E-state index contributed by atoms with van der Waals surface area (Å²) in [6.07, 6.45) is -33.5. The molecule has 224 valence electrons. The van der Waals surface area contributed by atoms with Crippen LogP contribution in [0.1, 0.15) is 26.2 Å². The van der Waals surface area contributed by atoms with Crippen molar-refractivity contribution in [2.75, 3.05) is 6.61 Å². The van der Waals surface area contributed by atoms with Crippen molar-refractivity contribution in [2.24, 2.45) is 0 Å². The molecule has 0 unspecified atom stereocenters. The van der Waals surface area contributed by atoms with Crippen LogP contribution in [0.4, 0.5) is 92.2 Å². The maximum atomic E-state index is 14.7. The molecule has 0 aromatic carbocycles. The van der Waals surface area contributed by atoms with Crippen molar-refractivity contribution in [3.63, 3.8) is 0 Å². The summed E-state index contributed by atoms with van der Waals surface area (Å²) in [6, 6.07) is 0. The van der Waals surface area contributed by atoms with E-state index in [1.807, 2.05) is 0 Å². The number of halogens is 21. The molecule has 0 fully saturated rings. The van der Waals surface area contributed by atoms with Gasteiger partial charge in [0.05, 0.1) is 0 Å². The Balaban J connectivity index is 7.97. The zero-order valence-corrected chi connectivity index (χ0v) is 20.0. The van der Waals surface area contributed by atoms with Gasteiger partial charge in [0.1, 0.15) is 0 Å². The van der Waals surface area contributed by atoms with E-state index in [0.717, 1.165) is 0 Å². The van der Waals surface area contributed by atoms with Gasteiger partial charge in [-0.05, 0) is 0 Å². The van der Waals surface area contributed by atoms with Crippen molar-refractivity contribution in [2.45, 2.75) is 74.3 Å². The Morgan fingerprint density at radius 2 is 0.595 bits per heavy atom. The van der Waals surface area contributed by atoms with Gasteiger partial charge >= 0.3 is 195 Å². The molecule has 23 heteroatoms. The van der Waals surface area contributed by atoms with Crippen LogP contribution in [-0.4, -0.2) is 73.5 Å². The van der Waals surface area contributed by atoms with Crippen LogP contribution < -0.4 is 0 Å². The second-order valence-electron chi connectivity index (χ2n) is 7.33. The molecule has 0 saturated carbocycles. The normalized spacial score (nSPS) is 16.4. The first-order valence-electron chi connectivity index (χ1n) is 8.79. The van der Waals surface area contributed by atoms with Gasteiger partial charge in [0.15, 0.2) is 0 Å². The van der Waals surface area contributed by atoms with E-state index in [-0.39, 0.29) is 6.92 Å². The van der Waals surface area contributed by atoms with E-state index in [1.54, 1.807) is 0 Å². The number of alkyl halides is 21. The second-order valence-corrected chi connectivity index (χ2v) is 17.4. The molecule has 0 atom stereocenters. The topological polar surface area (TPSA) is 9.23 Å². The van der Waals surface area contributed by atoms with Gasteiger partial charge < -0.3 is 0 Å². The van der Waals surface area contributed by atoms with Crippen molar-refractivity contribution in [3.8, 4) is 0 Å². The molecule has 0 saturated heterocycles. The molecule has 37 heavy (non-hydrogen) atoms. The standard InChI is InChI=1S/3C4H2F7.C2H5O.Sn/c3*5-2(6)3(7,8)1-4(9,10)11;1-2-3;/h3*1H2;2H2,1H3;/q;;;-1;+1. The molecular weight excluding hydrogens is 702 g/mol. The summed E-state index contributed by atoms with van der Waals surface area (Å²) in [5, 5.41) is 0. The number of hydrogen-bond acceptors (Lipinski definition) is 1. The number of hydrogen-bond donors (Lipinski definition) is 0. The Morgan fingerprint density at radius 3 is 0.730 bits per heavy atom. The fraction of sp³-hybridized carbons (Fsp3) is 1.00. The van der Waals surface area contributed by atoms with Gasteiger partial charge in [-0.2, -0.15) is 0 Å². The molecule has 1 nitrogen and oxygen atoms in total. The van der Waals surface area contributed by atoms with Crippen LogP contribution in [0.25, 0.3) is 0 Å². The van der Waals surface area contributed by atoms with Crippen LogP contribution in [0.15, 0.2) is 0 Å². The minimum absolute atomic E-state index is 0.125. The molecule has 0 heterocycles. The van der Waals surface area contributed by atoms with E-state index in [0.29, 0.717) is 0 Å². The Bertz CT molecular complexity index is 678. The fourth-order valence-electron chi connectivity index (χ4n) is 2.94. The summed E-state index contributed by atoms with van der Waals surface area (Å²) in [4.78, 5) is 0. The molecule has 0 aromatic rings. The van der Waals surface area contributed by atoms with Gasteiger partial charge in [-0.3, -0.25) is 0 Å². The summed E-state index contributed by atoms with van der Waals surface area (Å²) >= 11 is -11.6. The van der Waals surface area contributed by atoms with Crippen LogP contribution in [-0.2, 0) is 3.07 Å². The summed E-state index contributed by atoms with van der Waals surface area (Å²) in [5.41, 5.74) is 0. The minimum atomic E-state index is -11.6. The van der Waals surface area contributed by atoms with E-state index in [4.69, 9.17) is 0 Å². The van der Waals surface area contributed by atoms with Gasteiger partial charge in [-0.1, -0.05) is 0 Å². The van der Waals surface area contributed by atoms with Gasteiger partial charge in [-0.15, -0.1) is 0 Å². The van der Waals surface area contributed by atoms with Gasteiger partial charge in [0, 0.05) is 0 Å². The van der Waals surface area contributed by atoms with Crippen molar-refractivity contribution < 1.29 is 95.3 Å². The third-order valence-corrected chi connectivity index (χ3v) is 17.1. The molecule has 0 rings (SSSR count). The zero-order valence-electron chi connectivity index (χ0n) is 17.2. The molecular formula is C14H11F21OSn. The molecule has 0 aromatic heterocycles. The number of rotatable bonds is 11. The van der Waals surface area contributed by atoms with E-state index in [2.05, 4.69) is 3.07 Å². The molecule has 0 aliphatic carbocycles. The Kier molecular flexibility index (Phi) is 9.85. The molecule has 0 N–H and O–H groups in total. The molecule has 0 radical (unpaired) electrons.